The van der Waals surface area contributed by atoms with Crippen LogP contribution in [0, 0.1) is 0 Å². The lowest BCUT2D eigenvalue weighted by Gasteiger charge is -2.25. The first kappa shape index (κ1) is 33.9. The number of hydrogen-bond donors (Lipinski definition) is 0. The largest absolute Gasteiger partial charge is 0.492 e. The Kier molecular flexibility index (Phi) is 10.7. The van der Waals surface area contributed by atoms with Crippen molar-refractivity contribution in [2.24, 2.45) is 4.36 Å². The summed E-state index contributed by atoms with van der Waals surface area (Å²) in [5, 5.41) is -0.234. The van der Waals surface area contributed by atoms with Crippen LogP contribution in [0.5, 0.6) is 5.75 Å². The monoisotopic (exact) mass is 697 g/mol. The van der Waals surface area contributed by atoms with Crippen LogP contribution in [-0.4, -0.2) is 48.5 Å². The Hall–Kier alpha value is -1.33. The second kappa shape index (κ2) is 12.3. The molecule has 0 fully saturated rings. The van der Waals surface area contributed by atoms with Gasteiger partial charge in [0, 0.05) is 22.5 Å². The van der Waals surface area contributed by atoms with Gasteiger partial charge in [0.2, 0.25) is 0 Å². The van der Waals surface area contributed by atoms with Crippen molar-refractivity contribution in [3.63, 3.8) is 0 Å². The maximum Gasteiger partial charge on any atom is 0.474 e. The lowest BCUT2D eigenvalue weighted by atomic mass is 10.2. The average Bonchev–Trinajstić information content (AvgIpc) is 3.12. The normalized spacial score (nSPS) is 14.9. The fourth-order valence-corrected chi connectivity index (χ4v) is 8.22. The second-order valence-corrected chi connectivity index (χ2v) is 13.8. The Morgan fingerprint density at radius 2 is 1.64 bits per heavy atom. The van der Waals surface area contributed by atoms with Crippen LogP contribution < -0.4 is 4.74 Å². The summed E-state index contributed by atoms with van der Waals surface area (Å²) in [7, 11) is -9.29. The Morgan fingerprint density at radius 1 is 1.08 bits per heavy atom. The molecule has 0 saturated heterocycles. The summed E-state index contributed by atoms with van der Waals surface area (Å²) >= 11 is 3.22. The fraction of sp³-hybridized carbons (Fsp3) is 0.550. The summed E-state index contributed by atoms with van der Waals surface area (Å²) in [6.07, 6.45) is -11.2. The molecule has 0 aliphatic rings. The van der Waals surface area contributed by atoms with E-state index in [-0.39, 0.29) is 10.1 Å². The Labute approximate surface area is 230 Å². The molecule has 1 amide bonds. The number of rotatable bonds is 11. The van der Waals surface area contributed by atoms with Crippen molar-refractivity contribution in [2.75, 3.05) is 26.1 Å². The number of nitrogens with zero attached hydrogens (tertiary/aromatic N) is 1. The Bertz CT molecular complexity index is 1370. The fourth-order valence-electron chi connectivity index (χ4n) is 3.01. The molecule has 222 valence electrons. The van der Waals surface area contributed by atoms with Gasteiger partial charge in [-0.25, -0.2) is 4.21 Å². The summed E-state index contributed by atoms with van der Waals surface area (Å²) in [5.74, 6) is -3.10. The van der Waals surface area contributed by atoms with E-state index in [1.165, 1.54) is 13.8 Å². The van der Waals surface area contributed by atoms with Crippen LogP contribution in [0.2, 0.25) is 0 Å². The van der Waals surface area contributed by atoms with Crippen molar-refractivity contribution in [1.82, 2.24) is 0 Å². The molecule has 0 aliphatic heterocycles. The van der Waals surface area contributed by atoms with Gasteiger partial charge in [0.05, 0.1) is 39.1 Å². The molecule has 1 aromatic heterocycles. The van der Waals surface area contributed by atoms with E-state index in [9.17, 15) is 39.9 Å². The first-order valence-electron chi connectivity index (χ1n) is 10.8. The van der Waals surface area contributed by atoms with Crippen LogP contribution in [0.25, 0.3) is 10.1 Å². The molecule has 0 aliphatic carbocycles. The molecule has 0 saturated carbocycles. The van der Waals surface area contributed by atoms with E-state index in [1.807, 2.05) is 0 Å². The number of hydrogen-bond acceptors (Lipinski definition) is 7. The number of alkyl halides is 8. The van der Waals surface area contributed by atoms with Gasteiger partial charge in [-0.1, -0.05) is 0 Å². The molecule has 1 heterocycles. The number of carbonyl (C=O) groups excluding carboxylic acids is 1. The summed E-state index contributed by atoms with van der Waals surface area (Å²) in [6.45, 7) is 1.15. The number of carbonyl (C=O) groups is 1. The minimum absolute atomic E-state index is 0.163. The van der Waals surface area contributed by atoms with E-state index < -0.39 is 93.9 Å². The van der Waals surface area contributed by atoms with Crippen LogP contribution in [0.4, 0.5) is 35.1 Å². The first-order valence-corrected chi connectivity index (χ1v) is 15.8. The van der Waals surface area contributed by atoms with Crippen molar-refractivity contribution in [1.29, 1.82) is 0 Å². The minimum Gasteiger partial charge on any atom is -0.492 e. The lowest BCUT2D eigenvalue weighted by Crippen LogP contribution is -2.21. The molecule has 0 radical (unpaired) electrons. The summed E-state index contributed by atoms with van der Waals surface area (Å²) < 4.78 is 150. The van der Waals surface area contributed by atoms with Crippen molar-refractivity contribution >= 4 is 60.6 Å². The van der Waals surface area contributed by atoms with Gasteiger partial charge in [0.1, 0.15) is 10.6 Å². The molecule has 0 bridgehead atoms. The van der Waals surface area contributed by atoms with Crippen LogP contribution >= 0.6 is 34.9 Å². The number of halogens is 9. The summed E-state index contributed by atoms with van der Waals surface area (Å²) in [5.41, 5.74) is -4.28. The van der Waals surface area contributed by atoms with E-state index in [4.69, 9.17) is 13.8 Å². The third-order valence-electron chi connectivity index (χ3n) is 4.68. The maximum absolute atomic E-state index is 15.5. The van der Waals surface area contributed by atoms with E-state index in [2.05, 4.69) is 20.3 Å². The minimum atomic E-state index is -5.46. The molecule has 2 aromatic rings. The molecule has 19 heteroatoms. The number of amides is 1. The SMILES string of the molecule is CCOP(=O)(OCC)C(F)(F)c1sc2c(OCCCC(F)(F)F)cc(S(C)(=O)=NC(=O)C(F)(F)F)cc2c1Br. The van der Waals surface area contributed by atoms with Gasteiger partial charge in [-0.2, -0.15) is 35.1 Å². The van der Waals surface area contributed by atoms with Crippen molar-refractivity contribution in [3.8, 4) is 5.75 Å². The van der Waals surface area contributed by atoms with Gasteiger partial charge in [-0.05, 0) is 48.3 Å². The topological polar surface area (TPSA) is 91.3 Å². The molecule has 0 spiro atoms. The molecule has 39 heavy (non-hydrogen) atoms. The van der Waals surface area contributed by atoms with Crippen LogP contribution in [0.15, 0.2) is 25.9 Å². The van der Waals surface area contributed by atoms with E-state index in [0.717, 1.165) is 12.1 Å². The molecule has 1 unspecified atom stereocenters. The van der Waals surface area contributed by atoms with E-state index in [1.54, 1.807) is 0 Å². The van der Waals surface area contributed by atoms with Crippen molar-refractivity contribution in [3.05, 3.63) is 21.5 Å². The standard InChI is InChI=1S/C20H21BrF8NO6PS2/c1-4-35-37(32,36-5-2)20(28,29)16-14(21)12-9-11(39(3,33)30-17(31)19(25,26)27)10-13(15(12)38-16)34-8-6-7-18(22,23)24/h9-10H,4-8H2,1-3H3. The number of thiophene rings is 1. The zero-order valence-corrected chi connectivity index (χ0v) is 24.4. The van der Waals surface area contributed by atoms with E-state index in [0.29, 0.717) is 17.6 Å². The lowest BCUT2D eigenvalue weighted by molar-refractivity contribution is -0.169. The zero-order valence-electron chi connectivity index (χ0n) is 20.3. The van der Waals surface area contributed by atoms with Crippen molar-refractivity contribution < 1.29 is 62.5 Å². The molecular weight excluding hydrogens is 677 g/mol. The number of benzene rings is 1. The highest BCUT2D eigenvalue weighted by atomic mass is 79.9. The van der Waals surface area contributed by atoms with E-state index >= 15 is 8.78 Å². The highest BCUT2D eigenvalue weighted by molar-refractivity contribution is 9.10. The van der Waals surface area contributed by atoms with Crippen LogP contribution in [0.3, 0.4) is 0 Å². The maximum atomic E-state index is 15.5. The molecule has 1 aromatic carbocycles. The quantitative estimate of drug-likeness (QED) is 0.133. The summed E-state index contributed by atoms with van der Waals surface area (Å²) in [4.78, 5) is 9.88. The molecular formula is C20H21BrF8NO6PS2. The second-order valence-electron chi connectivity index (χ2n) is 7.68. The van der Waals surface area contributed by atoms with Gasteiger partial charge >= 0.3 is 31.5 Å². The van der Waals surface area contributed by atoms with Gasteiger partial charge in [-0.15, -0.1) is 15.7 Å². The summed E-state index contributed by atoms with van der Waals surface area (Å²) in [6, 6.07) is 1.74. The zero-order chi connectivity index (χ0) is 30.0. The highest BCUT2D eigenvalue weighted by Crippen LogP contribution is 2.69. The number of fused-ring (bicyclic) bond motifs is 1. The van der Waals surface area contributed by atoms with Crippen LogP contribution in [0.1, 0.15) is 31.6 Å². The van der Waals surface area contributed by atoms with Crippen LogP contribution in [-0.2, 0) is 33.8 Å². The van der Waals surface area contributed by atoms with Crippen molar-refractivity contribution in [2.45, 2.75) is 49.6 Å². The third kappa shape index (κ3) is 7.91. The average molecular weight is 698 g/mol. The molecule has 7 nitrogen and oxygen atoms in total. The Morgan fingerprint density at radius 3 is 2.13 bits per heavy atom. The third-order valence-corrected chi connectivity index (χ3v) is 10.9. The van der Waals surface area contributed by atoms with Gasteiger partial charge < -0.3 is 13.8 Å². The predicted molar refractivity (Wildman–Crippen MR) is 131 cm³/mol. The van der Waals surface area contributed by atoms with Gasteiger partial charge in [0.15, 0.2) is 0 Å². The number of ether oxygens (including phenoxy) is 1. The highest BCUT2D eigenvalue weighted by Gasteiger charge is 2.57. The molecule has 0 N–H and O–H groups in total. The first-order chi connectivity index (χ1) is 17.7. The van der Waals surface area contributed by atoms with Gasteiger partial charge in [-0.3, -0.25) is 9.36 Å². The molecule has 2 rings (SSSR count). The predicted octanol–water partition coefficient (Wildman–Crippen LogP) is 8.25. The van der Waals surface area contributed by atoms with Gasteiger partial charge in [0.25, 0.3) is 0 Å². The smallest absolute Gasteiger partial charge is 0.474 e. The Balaban J connectivity index is 2.78. The molecule has 1 atom stereocenters.